The molecule has 4 N–H and O–H groups in total. The van der Waals surface area contributed by atoms with Crippen LogP contribution < -0.4 is 10.6 Å². The number of piperidine rings is 2. The number of Topliss-reactive ketones (excluding diaryl/α,β-unsaturated/α-hetero) is 1. The summed E-state index contributed by atoms with van der Waals surface area (Å²) in [6.45, 7) is 5.98. The molecule has 1 amide bonds. The molecule has 0 radical (unpaired) electrons. The third-order valence-electron chi connectivity index (χ3n) is 5.75. The quantitative estimate of drug-likeness (QED) is 0.626. The van der Waals surface area contributed by atoms with Crippen molar-refractivity contribution >= 4 is 33.3 Å². The van der Waals surface area contributed by atoms with E-state index in [9.17, 15) is 14.7 Å². The number of nitrogens with two attached hydrogens (primary N) is 1. The van der Waals surface area contributed by atoms with Crippen LogP contribution in [0.2, 0.25) is 0 Å². The average molecular weight is 395 g/mol. The summed E-state index contributed by atoms with van der Waals surface area (Å²) in [5.74, 6) is -0.204. The number of hydrogen-bond donors (Lipinski definition) is 3. The largest absolute Gasteiger partial charge is 0.364 e. The molecule has 3 aliphatic heterocycles. The molecule has 1 aromatic carbocycles. The maximum Gasteiger partial charge on any atom is 0.276 e. The van der Waals surface area contributed by atoms with Gasteiger partial charge in [-0.25, -0.2) is 0 Å². The molecule has 7 heteroatoms. The monoisotopic (exact) mass is 394 g/mol. The lowest BCUT2D eigenvalue weighted by Crippen LogP contribution is -2.96. The second kappa shape index (κ2) is 4.88. The third-order valence-corrected chi connectivity index (χ3v) is 6.24. The number of aliphatic hydroxyl groups is 1. The SMILES string of the molecule is C[C@]12C[NH2+]C[C@](C)(CN([C@@]3(O)C(=O)Nc4ccc(Br)cc43)C1)C2=O. The maximum atomic E-state index is 12.9. The van der Waals surface area contributed by atoms with Gasteiger partial charge >= 0.3 is 0 Å². The van der Waals surface area contributed by atoms with Gasteiger partial charge in [0.05, 0.1) is 23.9 Å². The summed E-state index contributed by atoms with van der Waals surface area (Å²) in [5, 5.41) is 16.3. The molecule has 128 valence electrons. The molecule has 0 spiro atoms. The summed E-state index contributed by atoms with van der Waals surface area (Å²) in [6.07, 6.45) is 0. The van der Waals surface area contributed by atoms with Gasteiger partial charge in [-0.3, -0.25) is 14.5 Å². The van der Waals surface area contributed by atoms with E-state index in [-0.39, 0.29) is 5.78 Å². The van der Waals surface area contributed by atoms with E-state index in [1.54, 1.807) is 17.0 Å². The zero-order valence-corrected chi connectivity index (χ0v) is 15.3. The minimum absolute atomic E-state index is 0.241. The van der Waals surface area contributed by atoms with Crippen molar-refractivity contribution in [1.82, 2.24) is 4.90 Å². The summed E-state index contributed by atoms with van der Waals surface area (Å²) in [7, 11) is 0. The van der Waals surface area contributed by atoms with Crippen LogP contribution in [0, 0.1) is 10.8 Å². The molecular formula is C17H21BrN3O3+. The molecule has 4 rings (SSSR count). The maximum absolute atomic E-state index is 12.9. The van der Waals surface area contributed by atoms with Crippen LogP contribution in [0.1, 0.15) is 19.4 Å². The number of anilines is 1. The number of carbonyl (C=O) groups excluding carboxylic acids is 2. The van der Waals surface area contributed by atoms with Crippen molar-refractivity contribution in [1.29, 1.82) is 0 Å². The van der Waals surface area contributed by atoms with Gasteiger partial charge in [-0.05, 0) is 32.0 Å². The van der Waals surface area contributed by atoms with E-state index >= 15 is 0 Å². The summed E-state index contributed by atoms with van der Waals surface area (Å²) in [6, 6.07) is 5.38. The highest BCUT2D eigenvalue weighted by molar-refractivity contribution is 9.10. The number of likely N-dealkylation sites (tertiary alicyclic amines) is 1. The van der Waals surface area contributed by atoms with Crippen molar-refractivity contribution in [3.63, 3.8) is 0 Å². The average Bonchev–Trinajstić information content (AvgIpc) is 2.75. The molecule has 1 aromatic rings. The minimum atomic E-state index is -1.74. The Morgan fingerprint density at radius 1 is 1.21 bits per heavy atom. The highest BCUT2D eigenvalue weighted by Crippen LogP contribution is 2.46. The number of fused-ring (bicyclic) bond motifs is 3. The van der Waals surface area contributed by atoms with Crippen LogP contribution in [0.25, 0.3) is 0 Å². The molecule has 0 aromatic heterocycles. The van der Waals surface area contributed by atoms with Gasteiger partial charge in [-0.2, -0.15) is 0 Å². The highest BCUT2D eigenvalue weighted by atomic mass is 79.9. The van der Waals surface area contributed by atoms with Gasteiger partial charge < -0.3 is 15.7 Å². The van der Waals surface area contributed by atoms with Crippen LogP contribution >= 0.6 is 15.9 Å². The van der Waals surface area contributed by atoms with E-state index in [0.29, 0.717) is 37.4 Å². The highest BCUT2D eigenvalue weighted by Gasteiger charge is 2.62. The molecule has 24 heavy (non-hydrogen) atoms. The lowest BCUT2D eigenvalue weighted by Gasteiger charge is -2.52. The Labute approximate surface area is 148 Å². The number of nitrogens with zero attached hydrogens (tertiary/aromatic N) is 1. The fourth-order valence-electron chi connectivity index (χ4n) is 4.58. The molecule has 2 saturated heterocycles. The zero-order valence-electron chi connectivity index (χ0n) is 13.7. The Balaban J connectivity index is 1.81. The van der Waals surface area contributed by atoms with Gasteiger partial charge in [-0.15, -0.1) is 0 Å². The van der Waals surface area contributed by atoms with Gasteiger partial charge in [0.15, 0.2) is 5.78 Å². The molecule has 2 bridgehead atoms. The number of amides is 1. The van der Waals surface area contributed by atoms with Gasteiger partial charge in [0.2, 0.25) is 5.72 Å². The van der Waals surface area contributed by atoms with Crippen LogP contribution in [0.15, 0.2) is 22.7 Å². The first-order valence-corrected chi connectivity index (χ1v) is 8.94. The van der Waals surface area contributed by atoms with Crippen molar-refractivity contribution in [2.75, 3.05) is 31.5 Å². The lowest BCUT2D eigenvalue weighted by atomic mass is 9.64. The van der Waals surface area contributed by atoms with Crippen LogP contribution in [0.3, 0.4) is 0 Å². The second-order valence-electron chi connectivity index (χ2n) is 7.82. The van der Waals surface area contributed by atoms with Crippen LogP contribution in [-0.2, 0) is 15.3 Å². The lowest BCUT2D eigenvalue weighted by molar-refractivity contribution is -0.681. The predicted octanol–water partition coefficient (Wildman–Crippen LogP) is 0.0206. The first-order chi connectivity index (χ1) is 11.2. The number of carbonyl (C=O) groups is 2. The molecule has 0 unspecified atom stereocenters. The molecule has 2 fully saturated rings. The topological polar surface area (TPSA) is 86.2 Å². The summed E-state index contributed by atoms with van der Waals surface area (Å²) in [4.78, 5) is 27.3. The predicted molar refractivity (Wildman–Crippen MR) is 91.1 cm³/mol. The van der Waals surface area contributed by atoms with E-state index in [2.05, 4.69) is 26.6 Å². The Kier molecular flexibility index (Phi) is 3.29. The first-order valence-electron chi connectivity index (χ1n) is 8.15. The fraction of sp³-hybridized carbons (Fsp3) is 0.529. The van der Waals surface area contributed by atoms with Crippen molar-refractivity contribution in [3.8, 4) is 0 Å². The van der Waals surface area contributed by atoms with E-state index in [0.717, 1.165) is 4.47 Å². The van der Waals surface area contributed by atoms with Gasteiger partial charge in [0, 0.05) is 28.8 Å². The summed E-state index contributed by atoms with van der Waals surface area (Å²) >= 11 is 3.41. The first kappa shape index (κ1) is 16.2. The van der Waals surface area contributed by atoms with Crippen molar-refractivity contribution < 1.29 is 20.0 Å². The molecule has 0 saturated carbocycles. The van der Waals surface area contributed by atoms with Crippen molar-refractivity contribution in [2.24, 2.45) is 10.8 Å². The molecule has 6 nitrogen and oxygen atoms in total. The van der Waals surface area contributed by atoms with Crippen LogP contribution in [0.5, 0.6) is 0 Å². The standard InChI is InChI=1S/C17H20BrN3O3/c1-15-6-19-7-16(2,13(15)22)9-21(8-15)17(24)11-5-10(18)3-4-12(11)20-14(17)23/h3-5,19,24H,6-9H2,1-2H3,(H,20,23)/p+1/t15-,16+,17-/m0/s1. The van der Waals surface area contributed by atoms with Crippen LogP contribution in [-0.4, -0.2) is 47.9 Å². The Morgan fingerprint density at radius 2 is 1.83 bits per heavy atom. The van der Waals surface area contributed by atoms with Crippen molar-refractivity contribution in [3.05, 3.63) is 28.2 Å². The second-order valence-corrected chi connectivity index (χ2v) is 8.74. The number of halogens is 1. The van der Waals surface area contributed by atoms with Crippen LogP contribution in [0.4, 0.5) is 5.69 Å². The molecule has 0 aliphatic carbocycles. The van der Waals surface area contributed by atoms with E-state index < -0.39 is 22.5 Å². The Bertz CT molecular complexity index is 747. The molecule has 3 atom stereocenters. The number of nitrogens with one attached hydrogen (secondary N) is 1. The van der Waals surface area contributed by atoms with E-state index in [4.69, 9.17) is 0 Å². The molecule has 3 heterocycles. The molecular weight excluding hydrogens is 374 g/mol. The number of ketones is 1. The summed E-state index contributed by atoms with van der Waals surface area (Å²) in [5.41, 5.74) is -1.69. The fourth-order valence-corrected chi connectivity index (χ4v) is 4.94. The number of hydrogen-bond acceptors (Lipinski definition) is 4. The minimum Gasteiger partial charge on any atom is -0.364 e. The van der Waals surface area contributed by atoms with Gasteiger partial charge in [-0.1, -0.05) is 15.9 Å². The van der Waals surface area contributed by atoms with E-state index in [1.807, 2.05) is 19.9 Å². The number of rotatable bonds is 1. The van der Waals surface area contributed by atoms with E-state index in [1.165, 1.54) is 0 Å². The summed E-state index contributed by atoms with van der Waals surface area (Å²) < 4.78 is 0.801. The smallest absolute Gasteiger partial charge is 0.276 e. The Morgan fingerprint density at radius 3 is 2.46 bits per heavy atom. The normalized spacial score (nSPS) is 38.8. The number of quaternary nitrogens is 1. The van der Waals surface area contributed by atoms with Gasteiger partial charge in [0.25, 0.3) is 5.91 Å². The third kappa shape index (κ3) is 1.98. The number of benzene rings is 1. The van der Waals surface area contributed by atoms with Gasteiger partial charge in [0.1, 0.15) is 0 Å². The zero-order chi connectivity index (χ0) is 17.3. The Hall–Kier alpha value is -1.28. The molecule has 3 aliphatic rings. The van der Waals surface area contributed by atoms with Crippen molar-refractivity contribution in [2.45, 2.75) is 19.6 Å².